The Balaban J connectivity index is 2.62. The fraction of sp³-hybridized carbons (Fsp3) is 0.667. The first-order chi connectivity index (χ1) is 9.92. The van der Waals surface area contributed by atoms with Crippen molar-refractivity contribution in [3.05, 3.63) is 35.4 Å². The maximum atomic E-state index is 10.5. The third-order valence-electron chi connectivity index (χ3n) is 3.69. The summed E-state index contributed by atoms with van der Waals surface area (Å²) in [6, 6.07) is 8.35. The third kappa shape index (κ3) is 7.07. The van der Waals surface area contributed by atoms with Gasteiger partial charge in [0.25, 0.3) is 0 Å². The maximum Gasteiger partial charge on any atom is 0.0916 e. The fourth-order valence-corrected chi connectivity index (χ4v) is 2.44. The molecule has 21 heavy (non-hydrogen) atoms. The first kappa shape index (κ1) is 18.1. The highest BCUT2D eigenvalue weighted by Gasteiger charge is 2.15. The average Bonchev–Trinajstić information content (AvgIpc) is 2.44. The molecule has 1 N–H and O–H groups in total. The van der Waals surface area contributed by atoms with Gasteiger partial charge in [0.15, 0.2) is 0 Å². The second-order valence-corrected chi connectivity index (χ2v) is 6.57. The van der Waals surface area contributed by atoms with Gasteiger partial charge in [0.1, 0.15) is 0 Å². The summed E-state index contributed by atoms with van der Waals surface area (Å²) in [7, 11) is 4.18. The van der Waals surface area contributed by atoms with Gasteiger partial charge in [-0.2, -0.15) is 0 Å². The molecule has 0 radical (unpaired) electrons. The predicted octanol–water partition coefficient (Wildman–Crippen LogP) is 2.80. The molecular weight excluding hydrogens is 260 g/mol. The molecule has 0 amide bonds. The molecule has 0 bridgehead atoms. The Morgan fingerprint density at radius 3 is 2.10 bits per heavy atom. The molecule has 1 aromatic carbocycles. The summed E-state index contributed by atoms with van der Waals surface area (Å²) in [5, 5.41) is 10.5. The van der Waals surface area contributed by atoms with Crippen LogP contribution in [0.15, 0.2) is 24.3 Å². The first-order valence-corrected chi connectivity index (χ1v) is 8.06. The van der Waals surface area contributed by atoms with Crippen LogP contribution in [0.4, 0.5) is 0 Å². The Hall–Kier alpha value is -0.900. The lowest BCUT2D eigenvalue weighted by Gasteiger charge is -2.28. The van der Waals surface area contributed by atoms with Gasteiger partial charge < -0.3 is 10.0 Å². The Bertz CT molecular complexity index is 387. The summed E-state index contributed by atoms with van der Waals surface area (Å²) < 4.78 is 0. The molecule has 1 rings (SSSR count). The minimum Gasteiger partial charge on any atom is -0.387 e. The van der Waals surface area contributed by atoms with Crippen molar-refractivity contribution in [1.29, 1.82) is 0 Å². The fourth-order valence-electron chi connectivity index (χ4n) is 2.44. The third-order valence-corrected chi connectivity index (χ3v) is 3.69. The Kier molecular flexibility index (Phi) is 7.94. The monoisotopic (exact) mass is 292 g/mol. The molecule has 0 saturated heterocycles. The molecule has 1 aromatic rings. The van der Waals surface area contributed by atoms with Crippen LogP contribution in [0.25, 0.3) is 0 Å². The quantitative estimate of drug-likeness (QED) is 0.758. The van der Waals surface area contributed by atoms with Crippen molar-refractivity contribution in [3.8, 4) is 0 Å². The maximum absolute atomic E-state index is 10.5. The van der Waals surface area contributed by atoms with Gasteiger partial charge in [0.2, 0.25) is 0 Å². The molecule has 0 heterocycles. The molecule has 3 heteroatoms. The molecule has 120 valence electrons. The van der Waals surface area contributed by atoms with Gasteiger partial charge in [-0.25, -0.2) is 0 Å². The molecule has 0 aliphatic rings. The van der Waals surface area contributed by atoms with Gasteiger partial charge in [-0.15, -0.1) is 0 Å². The van der Waals surface area contributed by atoms with Gasteiger partial charge >= 0.3 is 0 Å². The van der Waals surface area contributed by atoms with Crippen molar-refractivity contribution in [2.75, 3.05) is 40.3 Å². The number of hydrogen-bond acceptors (Lipinski definition) is 3. The summed E-state index contributed by atoms with van der Waals surface area (Å²) in [5.41, 5.74) is 2.34. The molecule has 0 spiro atoms. The number of aryl methyl sites for hydroxylation is 1. The van der Waals surface area contributed by atoms with Gasteiger partial charge in [0.05, 0.1) is 6.10 Å². The predicted molar refractivity (Wildman–Crippen MR) is 90.6 cm³/mol. The summed E-state index contributed by atoms with van der Waals surface area (Å²) in [6.45, 7) is 10.4. The number of aliphatic hydroxyl groups is 1. The average molecular weight is 292 g/mol. The van der Waals surface area contributed by atoms with E-state index in [9.17, 15) is 5.11 Å². The van der Waals surface area contributed by atoms with Crippen molar-refractivity contribution in [2.24, 2.45) is 5.92 Å². The van der Waals surface area contributed by atoms with Crippen LogP contribution in [-0.2, 0) is 6.42 Å². The summed E-state index contributed by atoms with van der Waals surface area (Å²) in [5.74, 6) is 0.613. The van der Waals surface area contributed by atoms with Gasteiger partial charge in [-0.3, -0.25) is 4.90 Å². The van der Waals surface area contributed by atoms with E-state index in [0.29, 0.717) is 12.5 Å². The van der Waals surface area contributed by atoms with Gasteiger partial charge in [-0.05, 0) is 37.6 Å². The summed E-state index contributed by atoms with van der Waals surface area (Å²) in [4.78, 5) is 4.55. The summed E-state index contributed by atoms with van der Waals surface area (Å²) in [6.07, 6.45) is 0.635. The van der Waals surface area contributed by atoms with E-state index in [1.54, 1.807) is 0 Å². The normalized spacial score (nSPS) is 13.4. The highest BCUT2D eigenvalue weighted by molar-refractivity contribution is 5.24. The van der Waals surface area contributed by atoms with E-state index in [0.717, 1.165) is 31.6 Å². The largest absolute Gasteiger partial charge is 0.387 e. The number of hydrogen-bond donors (Lipinski definition) is 1. The van der Waals surface area contributed by atoms with E-state index in [2.05, 4.69) is 68.9 Å². The Labute approximate surface area is 130 Å². The Morgan fingerprint density at radius 2 is 1.62 bits per heavy atom. The lowest BCUT2D eigenvalue weighted by atomic mass is 10.0. The molecule has 0 saturated carbocycles. The van der Waals surface area contributed by atoms with Crippen molar-refractivity contribution in [2.45, 2.75) is 33.3 Å². The number of rotatable bonds is 9. The van der Waals surface area contributed by atoms with Crippen LogP contribution in [0.5, 0.6) is 0 Å². The van der Waals surface area contributed by atoms with Crippen LogP contribution in [0.1, 0.15) is 38.0 Å². The second-order valence-electron chi connectivity index (χ2n) is 6.57. The standard InChI is InChI=1S/C18H32N2O/c1-6-16-7-9-17(10-8-16)18(21)14-20(13-15(2)3)12-11-19(4)5/h7-10,15,18,21H,6,11-14H2,1-5H3. The minimum absolute atomic E-state index is 0.406. The van der Waals surface area contributed by atoms with Crippen molar-refractivity contribution in [3.63, 3.8) is 0 Å². The summed E-state index contributed by atoms with van der Waals surface area (Å²) >= 11 is 0. The zero-order chi connectivity index (χ0) is 15.8. The van der Waals surface area contributed by atoms with Gasteiger partial charge in [-0.1, -0.05) is 45.0 Å². The lowest BCUT2D eigenvalue weighted by molar-refractivity contribution is 0.101. The number of likely N-dealkylation sites (N-methyl/N-ethyl adjacent to an activating group) is 1. The minimum atomic E-state index is -0.406. The number of nitrogens with zero attached hydrogens (tertiary/aromatic N) is 2. The van der Waals surface area contributed by atoms with E-state index in [-0.39, 0.29) is 0 Å². The zero-order valence-corrected chi connectivity index (χ0v) is 14.3. The van der Waals surface area contributed by atoms with Gasteiger partial charge in [0, 0.05) is 26.2 Å². The smallest absolute Gasteiger partial charge is 0.0916 e. The van der Waals surface area contributed by atoms with E-state index in [1.165, 1.54) is 5.56 Å². The molecule has 0 fully saturated rings. The van der Waals surface area contributed by atoms with Crippen molar-refractivity contribution < 1.29 is 5.11 Å². The molecule has 1 atom stereocenters. The molecule has 0 aliphatic heterocycles. The molecule has 3 nitrogen and oxygen atoms in total. The SMILES string of the molecule is CCc1ccc(C(O)CN(CCN(C)C)CC(C)C)cc1. The van der Waals surface area contributed by atoms with Crippen LogP contribution in [0, 0.1) is 5.92 Å². The Morgan fingerprint density at radius 1 is 1.00 bits per heavy atom. The second kappa shape index (κ2) is 9.19. The highest BCUT2D eigenvalue weighted by Crippen LogP contribution is 2.16. The first-order valence-electron chi connectivity index (χ1n) is 8.06. The lowest BCUT2D eigenvalue weighted by Crippen LogP contribution is -2.37. The highest BCUT2D eigenvalue weighted by atomic mass is 16.3. The van der Waals surface area contributed by atoms with E-state index < -0.39 is 6.10 Å². The van der Waals surface area contributed by atoms with Crippen LogP contribution < -0.4 is 0 Å². The molecular formula is C18H32N2O. The topological polar surface area (TPSA) is 26.7 Å². The van der Waals surface area contributed by atoms with Crippen LogP contribution in [-0.4, -0.2) is 55.2 Å². The van der Waals surface area contributed by atoms with E-state index >= 15 is 0 Å². The van der Waals surface area contributed by atoms with Crippen molar-refractivity contribution >= 4 is 0 Å². The molecule has 1 unspecified atom stereocenters. The van der Waals surface area contributed by atoms with E-state index in [4.69, 9.17) is 0 Å². The molecule has 0 aliphatic carbocycles. The van der Waals surface area contributed by atoms with E-state index in [1.807, 2.05) is 0 Å². The number of aliphatic hydroxyl groups excluding tert-OH is 1. The molecule has 0 aromatic heterocycles. The zero-order valence-electron chi connectivity index (χ0n) is 14.3. The van der Waals surface area contributed by atoms with Crippen LogP contribution in [0.2, 0.25) is 0 Å². The number of benzene rings is 1. The van der Waals surface area contributed by atoms with Crippen LogP contribution >= 0.6 is 0 Å². The van der Waals surface area contributed by atoms with Crippen LogP contribution in [0.3, 0.4) is 0 Å². The van der Waals surface area contributed by atoms with Crippen molar-refractivity contribution in [1.82, 2.24) is 9.80 Å².